The third-order valence-electron chi connectivity index (χ3n) is 0. The van der Waals surface area contributed by atoms with Crippen molar-refractivity contribution in [2.24, 2.45) is 0 Å². The molecule has 0 amide bonds. The topological polar surface area (TPSA) is 0 Å². The molecule has 0 aliphatic rings. The van der Waals surface area contributed by atoms with Crippen molar-refractivity contribution in [2.75, 3.05) is 0 Å². The van der Waals surface area contributed by atoms with Gasteiger partial charge in [-0.3, -0.25) is 0 Å². The first-order chi connectivity index (χ1) is 0. The maximum Gasteiger partial charge on any atom is 0 e. The Morgan fingerprint density at radius 1 is 1.00 bits per heavy atom. The molecule has 0 saturated carbocycles. The Hall–Kier alpha value is 3.05. The van der Waals surface area contributed by atoms with Crippen molar-refractivity contribution in [3.63, 3.8) is 0 Å². The Kier molecular flexibility index (Phi) is 238. The van der Waals surface area contributed by atoms with E-state index in [1.54, 1.807) is 0 Å². The van der Waals surface area contributed by atoms with Crippen LogP contribution in [0.5, 0.6) is 0 Å². The molecule has 0 aromatic rings. The Bertz CT molecular complexity index is 11.6. The van der Waals surface area contributed by atoms with Crippen LogP contribution in [-0.4, -0.2) is 0 Å². The molecule has 37 valence electrons. The van der Waals surface area contributed by atoms with Gasteiger partial charge in [0.1, 0.15) is 0 Å². The fourth-order valence-electron chi connectivity index (χ4n) is 0. The summed E-state index contributed by atoms with van der Waals surface area (Å²) in [4.78, 5) is 0. The summed E-state index contributed by atoms with van der Waals surface area (Å²) in [6.07, 6.45) is 0. The average molecular weight is 455 g/mol. The van der Waals surface area contributed by atoms with Gasteiger partial charge in [-0.2, -0.15) is 0 Å². The molecule has 0 rings (SSSR count). The fraction of sp³-hybridized carbons (Fsp3) is 0. The van der Waals surface area contributed by atoms with Gasteiger partial charge in [-0.15, -0.1) is 0 Å². The van der Waals surface area contributed by atoms with Gasteiger partial charge in [0.15, 0.2) is 0 Å². The SMILES string of the molecule is [Au].[Fe].[Mn].[Mo].[V]. The van der Waals surface area contributed by atoms with Crippen molar-refractivity contribution < 1.29 is 96.1 Å². The molecule has 0 spiro atoms. The maximum absolute atomic E-state index is 0. The van der Waals surface area contributed by atoms with Crippen LogP contribution in [0.4, 0.5) is 0 Å². The summed E-state index contributed by atoms with van der Waals surface area (Å²) in [5, 5.41) is 0. The summed E-state index contributed by atoms with van der Waals surface area (Å²) < 4.78 is 0. The van der Waals surface area contributed by atoms with E-state index >= 15 is 0 Å². The minimum Gasteiger partial charge on any atom is 0 e. The summed E-state index contributed by atoms with van der Waals surface area (Å²) in [5.41, 5.74) is 0. The number of hydrogen-bond acceptors (Lipinski definition) is 0. The Balaban J connectivity index is 0. The summed E-state index contributed by atoms with van der Waals surface area (Å²) in [5.74, 6) is 0. The van der Waals surface area contributed by atoms with Gasteiger partial charge in [0.05, 0.1) is 0 Å². The first-order valence-corrected chi connectivity index (χ1v) is 0. The first kappa shape index (κ1) is 43.0. The van der Waals surface area contributed by atoms with E-state index in [9.17, 15) is 0 Å². The molecule has 0 bridgehead atoms. The van der Waals surface area contributed by atoms with E-state index < -0.39 is 0 Å². The van der Waals surface area contributed by atoms with Crippen LogP contribution in [0.25, 0.3) is 0 Å². The van der Waals surface area contributed by atoms with Crippen molar-refractivity contribution >= 4 is 0 Å². The molecule has 0 aromatic carbocycles. The molecule has 0 heterocycles. The fourth-order valence-corrected chi connectivity index (χ4v) is 0. The average Bonchev–Trinajstić information content (AvgIpc) is 0. The van der Waals surface area contributed by atoms with E-state index in [4.69, 9.17) is 0 Å². The van der Waals surface area contributed by atoms with Gasteiger partial charge >= 0.3 is 0 Å². The van der Waals surface area contributed by atoms with Crippen LogP contribution in [-0.2, 0) is 96.1 Å². The zero-order chi connectivity index (χ0) is 0. The predicted octanol–water partition coefficient (Wildman–Crippen LogP) is -0.0125. The Morgan fingerprint density at radius 2 is 1.00 bits per heavy atom. The quantitative estimate of drug-likeness (QED) is 0.452. The van der Waals surface area contributed by atoms with Crippen LogP contribution in [0.3, 0.4) is 0 Å². The summed E-state index contributed by atoms with van der Waals surface area (Å²) >= 11 is 0. The van der Waals surface area contributed by atoms with Crippen LogP contribution in [0.1, 0.15) is 0 Å². The normalized spacial score (nSPS) is 0. The van der Waals surface area contributed by atoms with Gasteiger partial charge in [0.2, 0.25) is 0 Å². The molecule has 5 heteroatoms. The Morgan fingerprint density at radius 3 is 1.00 bits per heavy atom. The van der Waals surface area contributed by atoms with Crippen LogP contribution in [0, 0.1) is 0 Å². The molecule has 3 radical (unpaired) electrons. The number of rotatable bonds is 0. The zero-order valence-corrected chi connectivity index (χ0v) is 9.74. The monoisotopic (exact) mass is 457 g/mol. The third-order valence-corrected chi connectivity index (χ3v) is 0. The second-order valence-corrected chi connectivity index (χ2v) is 0. The van der Waals surface area contributed by atoms with Crippen LogP contribution in [0.15, 0.2) is 0 Å². The van der Waals surface area contributed by atoms with E-state index in [2.05, 4.69) is 0 Å². The summed E-state index contributed by atoms with van der Waals surface area (Å²) in [6.45, 7) is 0. The molecular formula is AuFeMnMoV. The van der Waals surface area contributed by atoms with Crippen molar-refractivity contribution in [1.29, 1.82) is 0 Å². The zero-order valence-electron chi connectivity index (χ0n) is 1.89. The van der Waals surface area contributed by atoms with Crippen molar-refractivity contribution in [2.45, 2.75) is 0 Å². The molecule has 0 aliphatic heterocycles. The van der Waals surface area contributed by atoms with E-state index in [0.29, 0.717) is 0 Å². The van der Waals surface area contributed by atoms with E-state index in [-0.39, 0.29) is 96.1 Å². The van der Waals surface area contributed by atoms with Gasteiger partial charge in [-0.25, -0.2) is 0 Å². The molecule has 0 fully saturated rings. The predicted molar refractivity (Wildman–Crippen MR) is 0 cm³/mol. The molecule has 0 nitrogen and oxygen atoms in total. The van der Waals surface area contributed by atoms with Crippen molar-refractivity contribution in [3.05, 3.63) is 0 Å². The van der Waals surface area contributed by atoms with Crippen molar-refractivity contribution in [3.8, 4) is 0 Å². The molecule has 0 N–H and O–H groups in total. The summed E-state index contributed by atoms with van der Waals surface area (Å²) in [7, 11) is 0. The molecule has 0 aliphatic carbocycles. The molecule has 0 unspecified atom stereocenters. The van der Waals surface area contributed by atoms with Gasteiger partial charge in [0, 0.05) is 96.1 Å². The van der Waals surface area contributed by atoms with E-state index in [1.165, 1.54) is 0 Å². The molecule has 0 aromatic heterocycles. The summed E-state index contributed by atoms with van der Waals surface area (Å²) in [6, 6.07) is 0. The van der Waals surface area contributed by atoms with Crippen LogP contribution >= 0.6 is 0 Å². The molecule has 0 saturated heterocycles. The van der Waals surface area contributed by atoms with Gasteiger partial charge in [-0.05, 0) is 0 Å². The second kappa shape index (κ2) is 27.7. The van der Waals surface area contributed by atoms with Crippen LogP contribution in [0.2, 0.25) is 0 Å². The standard InChI is InChI=1S/Au.Fe.Mn.Mo.V. The van der Waals surface area contributed by atoms with Gasteiger partial charge in [-0.1, -0.05) is 0 Å². The van der Waals surface area contributed by atoms with Crippen molar-refractivity contribution in [1.82, 2.24) is 0 Å². The van der Waals surface area contributed by atoms with E-state index in [1.807, 2.05) is 0 Å². The second-order valence-electron chi connectivity index (χ2n) is 0. The van der Waals surface area contributed by atoms with Gasteiger partial charge in [0.25, 0.3) is 0 Å². The molecular weight excluding hydrogens is 455 g/mol. The Labute approximate surface area is 94.6 Å². The smallest absolute Gasteiger partial charge is 0 e. The van der Waals surface area contributed by atoms with Gasteiger partial charge < -0.3 is 0 Å². The maximum atomic E-state index is 0. The minimum atomic E-state index is 0. The van der Waals surface area contributed by atoms with E-state index in [0.717, 1.165) is 0 Å². The minimum absolute atomic E-state index is 0. The largest absolute Gasteiger partial charge is 0 e. The third kappa shape index (κ3) is 19.3. The molecule has 5 heavy (non-hydrogen) atoms. The molecule has 0 atom stereocenters. The number of hydrogen-bond donors (Lipinski definition) is 0. The first-order valence-electron chi connectivity index (χ1n) is 0. The van der Waals surface area contributed by atoms with Crippen LogP contribution < -0.4 is 0 Å².